The molecule has 1 aliphatic heterocycles. The summed E-state index contributed by atoms with van der Waals surface area (Å²) in [6, 6.07) is -0.355. The van der Waals surface area contributed by atoms with Crippen molar-refractivity contribution < 1.29 is 39.9 Å². The minimum absolute atomic E-state index is 0.0945. The van der Waals surface area contributed by atoms with Crippen LogP contribution in [0.5, 0.6) is 0 Å². The van der Waals surface area contributed by atoms with Crippen molar-refractivity contribution in [1.82, 2.24) is 4.90 Å². The fraction of sp³-hybridized carbons (Fsp3) is 0.938. The maximum absolute atomic E-state index is 12.8. The Hall–Kier alpha value is -1.13. The fourth-order valence-corrected chi connectivity index (χ4v) is 4.19. The number of amides is 1. The lowest BCUT2D eigenvalue weighted by Gasteiger charge is -2.28. The van der Waals surface area contributed by atoms with Gasteiger partial charge in [0.2, 0.25) is 0 Å². The van der Waals surface area contributed by atoms with E-state index >= 15 is 0 Å². The second-order valence-corrected chi connectivity index (χ2v) is 10.0. The smallest absolute Gasteiger partial charge is 0.444 e. The Bertz CT molecular complexity index is 613. The Morgan fingerprint density at radius 3 is 2.22 bits per heavy atom. The Morgan fingerprint density at radius 1 is 1.11 bits per heavy atom. The van der Waals surface area contributed by atoms with Crippen LogP contribution < -0.4 is 0 Å². The Balaban J connectivity index is 2.52. The normalized spacial score (nSPS) is 19.4. The van der Waals surface area contributed by atoms with E-state index in [0.717, 1.165) is 0 Å². The summed E-state index contributed by atoms with van der Waals surface area (Å²) in [7, 11) is -3.80. The number of alkyl halides is 5. The molecule has 0 N–H and O–H groups in total. The van der Waals surface area contributed by atoms with Crippen molar-refractivity contribution in [3.63, 3.8) is 0 Å². The van der Waals surface area contributed by atoms with Crippen molar-refractivity contribution in [1.29, 1.82) is 0 Å². The molecular formula is C16H26F5NO4S. The van der Waals surface area contributed by atoms with Gasteiger partial charge in [-0.25, -0.2) is 13.2 Å². The zero-order valence-corrected chi connectivity index (χ0v) is 16.4. The standard InChI is InChI=1S/C16H26F5NO4S/c1-14(2,3)26-13(23)22-9-4-6-12(22)7-11-27(24,25)10-5-8-15(17,18)16(19,20)21/h12H,4-11H2,1-3H3/t12-/m0/s1. The van der Waals surface area contributed by atoms with E-state index in [1.807, 2.05) is 0 Å². The molecule has 0 saturated carbocycles. The lowest BCUT2D eigenvalue weighted by atomic mass is 10.2. The van der Waals surface area contributed by atoms with Gasteiger partial charge < -0.3 is 9.64 Å². The van der Waals surface area contributed by atoms with Crippen LogP contribution in [0.4, 0.5) is 26.7 Å². The van der Waals surface area contributed by atoms with E-state index in [1.54, 1.807) is 20.8 Å². The highest BCUT2D eigenvalue weighted by molar-refractivity contribution is 7.91. The minimum atomic E-state index is -5.69. The number of hydrogen-bond acceptors (Lipinski definition) is 4. The molecule has 5 nitrogen and oxygen atoms in total. The summed E-state index contributed by atoms with van der Waals surface area (Å²) >= 11 is 0. The molecule has 11 heteroatoms. The van der Waals surface area contributed by atoms with Gasteiger partial charge >= 0.3 is 18.2 Å². The molecule has 0 bridgehead atoms. The molecule has 0 aromatic heterocycles. The summed E-state index contributed by atoms with van der Waals surface area (Å²) in [6.45, 7) is 5.54. The van der Waals surface area contributed by atoms with Crippen molar-refractivity contribution in [3.05, 3.63) is 0 Å². The molecule has 1 fully saturated rings. The Labute approximate surface area is 156 Å². The predicted octanol–water partition coefficient (Wildman–Crippen LogP) is 4.17. The molecular weight excluding hydrogens is 397 g/mol. The van der Waals surface area contributed by atoms with Gasteiger partial charge in [0, 0.05) is 19.0 Å². The van der Waals surface area contributed by atoms with Crippen LogP contribution >= 0.6 is 0 Å². The SMILES string of the molecule is CC(C)(C)OC(=O)N1CCC[C@H]1CCS(=O)(=O)CCCC(F)(F)C(F)(F)F. The lowest BCUT2D eigenvalue weighted by Crippen LogP contribution is -2.40. The van der Waals surface area contributed by atoms with E-state index in [2.05, 4.69) is 0 Å². The van der Waals surface area contributed by atoms with Gasteiger partial charge in [0.25, 0.3) is 0 Å². The van der Waals surface area contributed by atoms with Crippen molar-refractivity contribution in [2.75, 3.05) is 18.1 Å². The summed E-state index contributed by atoms with van der Waals surface area (Å²) in [5.41, 5.74) is -0.694. The molecule has 0 radical (unpaired) electrons. The summed E-state index contributed by atoms with van der Waals surface area (Å²) in [6.07, 6.45) is -7.22. The topological polar surface area (TPSA) is 63.7 Å². The van der Waals surface area contributed by atoms with Crippen molar-refractivity contribution in [2.24, 2.45) is 0 Å². The highest BCUT2D eigenvalue weighted by Crippen LogP contribution is 2.38. The number of sulfone groups is 1. The van der Waals surface area contributed by atoms with Gasteiger partial charge in [-0.2, -0.15) is 22.0 Å². The molecule has 1 saturated heterocycles. The van der Waals surface area contributed by atoms with Gasteiger partial charge in [-0.1, -0.05) is 0 Å². The van der Waals surface area contributed by atoms with Crippen LogP contribution in [0.15, 0.2) is 0 Å². The third kappa shape index (κ3) is 7.79. The zero-order valence-electron chi connectivity index (χ0n) is 15.6. The quantitative estimate of drug-likeness (QED) is 0.577. The molecule has 160 valence electrons. The summed E-state index contributed by atoms with van der Waals surface area (Å²) in [5.74, 6) is -6.03. The van der Waals surface area contributed by atoms with Crippen LogP contribution in [0.3, 0.4) is 0 Å². The van der Waals surface area contributed by atoms with Crippen molar-refractivity contribution in [2.45, 2.75) is 76.6 Å². The summed E-state index contributed by atoms with van der Waals surface area (Å²) < 4.78 is 91.1. The third-order valence-electron chi connectivity index (χ3n) is 4.13. The lowest BCUT2D eigenvalue weighted by molar-refractivity contribution is -0.284. The largest absolute Gasteiger partial charge is 0.453 e. The van der Waals surface area contributed by atoms with Crippen molar-refractivity contribution in [3.8, 4) is 0 Å². The number of carbonyl (C=O) groups is 1. The highest BCUT2D eigenvalue weighted by atomic mass is 32.2. The van der Waals surface area contributed by atoms with Gasteiger partial charge in [0.15, 0.2) is 0 Å². The van der Waals surface area contributed by atoms with Gasteiger partial charge in [-0.15, -0.1) is 0 Å². The number of nitrogens with zero attached hydrogens (tertiary/aromatic N) is 1. The highest BCUT2D eigenvalue weighted by Gasteiger charge is 2.56. The van der Waals surface area contributed by atoms with Gasteiger partial charge in [-0.3, -0.25) is 0 Å². The number of likely N-dealkylation sites (tertiary alicyclic amines) is 1. The molecule has 0 spiro atoms. The van der Waals surface area contributed by atoms with Gasteiger partial charge in [0.1, 0.15) is 15.4 Å². The predicted molar refractivity (Wildman–Crippen MR) is 89.5 cm³/mol. The van der Waals surface area contributed by atoms with Crippen LogP contribution in [0.2, 0.25) is 0 Å². The average Bonchev–Trinajstić information content (AvgIpc) is 2.90. The van der Waals surface area contributed by atoms with Gasteiger partial charge in [-0.05, 0) is 46.5 Å². The summed E-state index contributed by atoms with van der Waals surface area (Å²) in [4.78, 5) is 13.6. The Kier molecular flexibility index (Phi) is 7.51. The van der Waals surface area contributed by atoms with Crippen LogP contribution in [0, 0.1) is 0 Å². The number of hydrogen-bond donors (Lipinski definition) is 0. The first kappa shape index (κ1) is 23.9. The number of halogens is 5. The summed E-state index contributed by atoms with van der Waals surface area (Å²) in [5, 5.41) is 0. The molecule has 1 amide bonds. The van der Waals surface area contributed by atoms with Crippen LogP contribution in [-0.4, -0.2) is 61.2 Å². The molecule has 0 aromatic carbocycles. The molecule has 1 heterocycles. The molecule has 0 unspecified atom stereocenters. The van der Waals surface area contributed by atoms with E-state index in [9.17, 15) is 35.2 Å². The molecule has 27 heavy (non-hydrogen) atoms. The second-order valence-electron chi connectivity index (χ2n) is 7.72. The fourth-order valence-electron chi connectivity index (χ4n) is 2.77. The second kappa shape index (κ2) is 8.48. The monoisotopic (exact) mass is 423 g/mol. The maximum Gasteiger partial charge on any atom is 0.453 e. The van der Waals surface area contributed by atoms with Gasteiger partial charge in [0.05, 0.1) is 11.5 Å². The molecule has 1 rings (SSSR count). The zero-order chi connectivity index (χ0) is 21.1. The first-order valence-electron chi connectivity index (χ1n) is 8.69. The number of rotatable bonds is 7. The van der Waals surface area contributed by atoms with Crippen LogP contribution in [-0.2, 0) is 14.6 Å². The number of ether oxygens (including phenoxy) is 1. The minimum Gasteiger partial charge on any atom is -0.444 e. The van der Waals surface area contributed by atoms with E-state index in [0.29, 0.717) is 19.4 Å². The number of carbonyl (C=O) groups excluding carboxylic acids is 1. The molecule has 1 atom stereocenters. The van der Waals surface area contributed by atoms with E-state index in [1.165, 1.54) is 4.90 Å². The first-order valence-corrected chi connectivity index (χ1v) is 10.5. The molecule has 1 aliphatic rings. The van der Waals surface area contributed by atoms with E-state index in [-0.39, 0.29) is 18.2 Å². The van der Waals surface area contributed by atoms with E-state index < -0.39 is 52.2 Å². The average molecular weight is 423 g/mol. The van der Waals surface area contributed by atoms with Crippen molar-refractivity contribution >= 4 is 15.9 Å². The molecule has 0 aromatic rings. The van der Waals surface area contributed by atoms with E-state index in [4.69, 9.17) is 4.74 Å². The van der Waals surface area contributed by atoms with Crippen LogP contribution in [0.1, 0.15) is 52.9 Å². The Morgan fingerprint density at radius 2 is 1.70 bits per heavy atom. The third-order valence-corrected chi connectivity index (χ3v) is 5.90. The first-order chi connectivity index (χ1) is 12.0. The van der Waals surface area contributed by atoms with Crippen LogP contribution in [0.25, 0.3) is 0 Å². The molecule has 0 aliphatic carbocycles. The maximum atomic E-state index is 12.8.